The summed E-state index contributed by atoms with van der Waals surface area (Å²) in [7, 11) is -4.88. The average molecular weight is 633 g/mol. The Balaban J connectivity index is 0.000000826. The van der Waals surface area contributed by atoms with Gasteiger partial charge in [-0.25, -0.2) is 16.8 Å². The van der Waals surface area contributed by atoms with Crippen molar-refractivity contribution in [1.82, 2.24) is 4.90 Å². The molecule has 0 unspecified atom stereocenters. The third-order valence-corrected chi connectivity index (χ3v) is 11.6. The fourth-order valence-corrected chi connectivity index (χ4v) is 10.0. The van der Waals surface area contributed by atoms with Crippen molar-refractivity contribution in [2.75, 3.05) is 27.3 Å². The summed E-state index contributed by atoms with van der Waals surface area (Å²) in [6.07, 6.45) is 0.655. The molecule has 39 heavy (non-hydrogen) atoms. The molecule has 0 N–H and O–H groups in total. The molecule has 1 saturated heterocycles. The minimum atomic E-state index is -4.02. The molecule has 3 atom stereocenters. The number of halogens is 3. The van der Waals surface area contributed by atoms with Gasteiger partial charge < -0.3 is 9.47 Å². The molecule has 0 aliphatic carbocycles. The van der Waals surface area contributed by atoms with Crippen LogP contribution >= 0.6 is 34.8 Å². The smallest absolute Gasteiger partial charge is 0.184 e. The van der Waals surface area contributed by atoms with E-state index < -0.39 is 40.5 Å². The van der Waals surface area contributed by atoms with Gasteiger partial charge in [0, 0.05) is 13.1 Å². The minimum Gasteiger partial charge on any atom is -0.493 e. The van der Waals surface area contributed by atoms with E-state index in [9.17, 15) is 16.8 Å². The number of ether oxygens (including phenoxy) is 2. The van der Waals surface area contributed by atoms with Crippen LogP contribution in [0.15, 0.2) is 82.6 Å². The van der Waals surface area contributed by atoms with Crippen LogP contribution in [0.3, 0.4) is 0 Å². The Bertz CT molecular complexity index is 1500. The van der Waals surface area contributed by atoms with E-state index in [1.54, 1.807) is 49.6 Å². The van der Waals surface area contributed by atoms with Crippen LogP contribution < -0.4 is 9.47 Å². The van der Waals surface area contributed by atoms with E-state index in [0.717, 1.165) is 11.1 Å². The van der Waals surface area contributed by atoms with Gasteiger partial charge in [0.2, 0.25) is 0 Å². The molecule has 12 heteroatoms. The fraction of sp³-hybridized carbons (Fsp3) is 0.333. The van der Waals surface area contributed by atoms with Crippen LogP contribution in [-0.4, -0.2) is 63.8 Å². The van der Waals surface area contributed by atoms with Gasteiger partial charge in [-0.15, -0.1) is 0 Å². The standard InChI is InChI=1S/C26H27NO6S2.CHCl3/c1-32-22-15-18-13-14-27-17-24(34(28,29)19-9-5-3-6-10-19)26(25(27)21(18)16-23(22)33-2)35(30,31)20-11-7-4-8-12-20;2-1(3)4/h3-12,15-16,24-26H,13-14,17H2,1-2H3;1H/t24-,25-,26+;/m0./s1. The van der Waals surface area contributed by atoms with Gasteiger partial charge >= 0.3 is 0 Å². The van der Waals surface area contributed by atoms with Crippen molar-refractivity contribution in [3.63, 3.8) is 0 Å². The number of rotatable bonds is 6. The van der Waals surface area contributed by atoms with E-state index in [0.29, 0.717) is 24.5 Å². The van der Waals surface area contributed by atoms with Crippen molar-refractivity contribution in [2.24, 2.45) is 0 Å². The minimum absolute atomic E-state index is 0.118. The van der Waals surface area contributed by atoms with E-state index in [1.807, 2.05) is 11.0 Å². The lowest BCUT2D eigenvalue weighted by Gasteiger charge is -2.35. The number of alkyl halides is 3. The number of hydrogen-bond acceptors (Lipinski definition) is 7. The number of benzene rings is 3. The number of hydrogen-bond donors (Lipinski definition) is 0. The van der Waals surface area contributed by atoms with Crippen LogP contribution in [0, 0.1) is 0 Å². The molecule has 3 aromatic rings. The Kier molecular flexibility index (Phi) is 9.41. The molecule has 2 heterocycles. The molecule has 7 nitrogen and oxygen atoms in total. The summed E-state index contributed by atoms with van der Waals surface area (Å²) in [5.74, 6) is 1.05. The maximum Gasteiger partial charge on any atom is 0.184 e. The molecule has 0 aromatic heterocycles. The summed E-state index contributed by atoms with van der Waals surface area (Å²) in [6, 6.07) is 19.3. The van der Waals surface area contributed by atoms with Crippen LogP contribution in [0.25, 0.3) is 0 Å². The third-order valence-electron chi connectivity index (χ3n) is 7.02. The molecule has 5 rings (SSSR count). The molecule has 2 aliphatic rings. The molecule has 2 aliphatic heterocycles. The summed E-state index contributed by atoms with van der Waals surface area (Å²) in [6.45, 7) is 0.682. The van der Waals surface area contributed by atoms with Gasteiger partial charge in [0.25, 0.3) is 0 Å². The normalized spacial score (nSPS) is 20.9. The number of methoxy groups -OCH3 is 2. The first-order valence-corrected chi connectivity index (χ1v) is 16.4. The lowest BCUT2D eigenvalue weighted by molar-refractivity contribution is 0.242. The first-order valence-electron chi connectivity index (χ1n) is 12.0. The molecule has 0 spiro atoms. The van der Waals surface area contributed by atoms with Crippen LogP contribution in [-0.2, 0) is 26.1 Å². The van der Waals surface area contributed by atoms with Crippen molar-refractivity contribution in [3.05, 3.63) is 83.9 Å². The maximum atomic E-state index is 14.1. The van der Waals surface area contributed by atoms with Gasteiger partial charge in [0.05, 0.1) is 35.3 Å². The maximum absolute atomic E-state index is 14.1. The van der Waals surface area contributed by atoms with Crippen LogP contribution in [0.4, 0.5) is 0 Å². The monoisotopic (exact) mass is 631 g/mol. The Morgan fingerprint density at radius 1 is 0.795 bits per heavy atom. The first-order chi connectivity index (χ1) is 18.5. The molecule has 3 aromatic carbocycles. The van der Waals surface area contributed by atoms with Crippen LogP contribution in [0.2, 0.25) is 0 Å². The van der Waals surface area contributed by atoms with Crippen molar-refractivity contribution >= 4 is 54.5 Å². The predicted molar refractivity (Wildman–Crippen MR) is 154 cm³/mol. The fourth-order valence-electron chi connectivity index (χ4n) is 5.35. The van der Waals surface area contributed by atoms with Crippen LogP contribution in [0.1, 0.15) is 17.2 Å². The quantitative estimate of drug-likeness (QED) is 0.341. The van der Waals surface area contributed by atoms with Gasteiger partial charge in [-0.3, -0.25) is 4.90 Å². The Morgan fingerprint density at radius 2 is 1.28 bits per heavy atom. The summed E-state index contributed by atoms with van der Waals surface area (Å²) < 4.78 is 66.2. The number of fused-ring (bicyclic) bond motifs is 3. The molecular weight excluding hydrogens is 605 g/mol. The molecule has 0 saturated carbocycles. The summed E-state index contributed by atoms with van der Waals surface area (Å²) in [5, 5.41) is -2.31. The lowest BCUT2D eigenvalue weighted by atomic mass is 9.92. The Hall–Kier alpha value is -2.01. The van der Waals surface area contributed by atoms with E-state index in [-0.39, 0.29) is 16.3 Å². The first kappa shape index (κ1) is 30.0. The zero-order chi connectivity index (χ0) is 28.4. The highest BCUT2D eigenvalue weighted by atomic mass is 35.6. The second-order valence-electron chi connectivity index (χ2n) is 9.06. The zero-order valence-electron chi connectivity index (χ0n) is 21.2. The summed E-state index contributed by atoms with van der Waals surface area (Å²) in [4.78, 5) is 2.24. The third kappa shape index (κ3) is 6.04. The summed E-state index contributed by atoms with van der Waals surface area (Å²) in [5.41, 5.74) is 1.71. The highest BCUT2D eigenvalue weighted by Crippen LogP contribution is 2.48. The van der Waals surface area contributed by atoms with E-state index in [1.165, 1.54) is 31.4 Å². The highest BCUT2D eigenvalue weighted by molar-refractivity contribution is 7.96. The highest BCUT2D eigenvalue weighted by Gasteiger charge is 2.56. The largest absolute Gasteiger partial charge is 0.493 e. The number of nitrogens with zero attached hydrogens (tertiary/aromatic N) is 1. The van der Waals surface area contributed by atoms with E-state index in [4.69, 9.17) is 44.3 Å². The topological polar surface area (TPSA) is 90.0 Å². The summed E-state index contributed by atoms with van der Waals surface area (Å²) >= 11 is 14.4. The molecule has 210 valence electrons. The average Bonchev–Trinajstić information content (AvgIpc) is 3.35. The molecule has 1 fully saturated rings. The second kappa shape index (κ2) is 12.2. The van der Waals surface area contributed by atoms with Gasteiger partial charge in [-0.2, -0.15) is 0 Å². The van der Waals surface area contributed by atoms with Gasteiger partial charge in [-0.05, 0) is 53.9 Å². The predicted octanol–water partition coefficient (Wildman–Crippen LogP) is 5.29. The SMILES string of the molecule is COc1cc2c(cc1OC)[C@H]1[C@H](S(=O)(=O)c3ccccc3)[C@@H](S(=O)(=O)c3ccccc3)CN1CC2.ClC(Cl)Cl. The molecule has 0 bridgehead atoms. The second-order valence-corrected chi connectivity index (χ2v) is 15.3. The van der Waals surface area contributed by atoms with Gasteiger partial charge in [-0.1, -0.05) is 71.2 Å². The van der Waals surface area contributed by atoms with Crippen molar-refractivity contribution in [3.8, 4) is 11.5 Å². The molecular formula is C27H28Cl3NO6S2. The Morgan fingerprint density at radius 3 is 1.79 bits per heavy atom. The van der Waals surface area contributed by atoms with Gasteiger partial charge in [0.1, 0.15) is 5.25 Å². The molecule has 0 radical (unpaired) electrons. The van der Waals surface area contributed by atoms with Crippen molar-refractivity contribution < 1.29 is 26.3 Å². The van der Waals surface area contributed by atoms with E-state index >= 15 is 0 Å². The Labute approximate surface area is 244 Å². The van der Waals surface area contributed by atoms with E-state index in [2.05, 4.69) is 0 Å². The van der Waals surface area contributed by atoms with Crippen LogP contribution in [0.5, 0.6) is 11.5 Å². The lowest BCUT2D eigenvalue weighted by Crippen LogP contribution is -2.41. The van der Waals surface area contributed by atoms with Crippen molar-refractivity contribution in [2.45, 2.75) is 37.0 Å². The van der Waals surface area contributed by atoms with Gasteiger partial charge in [0.15, 0.2) is 35.5 Å². The van der Waals surface area contributed by atoms with Crippen molar-refractivity contribution in [1.29, 1.82) is 0 Å². The molecule has 0 amide bonds. The number of sulfone groups is 2. The zero-order valence-corrected chi connectivity index (χ0v) is 25.1.